The quantitative estimate of drug-likeness (QED) is 0.441. The second-order valence-electron chi connectivity index (χ2n) is 6.50. The summed E-state index contributed by atoms with van der Waals surface area (Å²) in [5.74, 6) is 0.605. The van der Waals surface area contributed by atoms with Gasteiger partial charge in [-0.3, -0.25) is 0 Å². The molecule has 0 aromatic heterocycles. The normalized spacial score (nSPS) is 10.6. The van der Waals surface area contributed by atoms with E-state index in [1.54, 1.807) is 0 Å². The zero-order valence-corrected chi connectivity index (χ0v) is 15.8. The monoisotopic (exact) mass is 363 g/mol. The number of carbonyl (C=O) groups excluding carboxylic acids is 1. The van der Waals surface area contributed by atoms with E-state index < -0.39 is 0 Å². The third-order valence-electron chi connectivity index (χ3n) is 4.47. The molecule has 3 aromatic carbocycles. The van der Waals surface area contributed by atoms with Crippen molar-refractivity contribution in [3.05, 3.63) is 71.8 Å². The summed E-state index contributed by atoms with van der Waals surface area (Å²) in [4.78, 5) is 11.9. The Morgan fingerprint density at radius 1 is 1.00 bits per heavy atom. The predicted octanol–water partition coefficient (Wildman–Crippen LogP) is 5.21. The van der Waals surface area contributed by atoms with Gasteiger partial charge in [-0.15, -0.1) is 0 Å². The van der Waals surface area contributed by atoms with Crippen LogP contribution in [0.3, 0.4) is 0 Å². The van der Waals surface area contributed by atoms with Crippen LogP contribution in [0.25, 0.3) is 10.8 Å². The molecule has 4 nitrogen and oxygen atoms in total. The predicted molar refractivity (Wildman–Crippen MR) is 110 cm³/mol. The van der Waals surface area contributed by atoms with Crippen molar-refractivity contribution in [2.24, 2.45) is 0 Å². The van der Waals surface area contributed by atoms with E-state index >= 15 is 0 Å². The highest BCUT2D eigenvalue weighted by molar-refractivity contribution is 5.95. The molecule has 0 aliphatic rings. The molecule has 0 aliphatic heterocycles. The largest absolute Gasteiger partial charge is 0.493 e. The molecular weight excluding hydrogens is 338 g/mol. The molecule has 0 unspecified atom stereocenters. The van der Waals surface area contributed by atoms with Crippen LogP contribution in [0.1, 0.15) is 28.8 Å². The van der Waals surface area contributed by atoms with Crippen LogP contribution >= 0.6 is 0 Å². The van der Waals surface area contributed by atoms with Crippen molar-refractivity contribution in [2.75, 3.05) is 25.6 Å². The first kappa shape index (κ1) is 18.8. The molecule has 140 valence electrons. The van der Waals surface area contributed by atoms with Crippen molar-refractivity contribution in [1.82, 2.24) is 0 Å². The number of hydrogen-bond donors (Lipinski definition) is 1. The number of benzene rings is 3. The number of ether oxygens (including phenoxy) is 2. The van der Waals surface area contributed by atoms with Crippen molar-refractivity contribution in [1.29, 1.82) is 0 Å². The topological polar surface area (TPSA) is 47.6 Å². The van der Waals surface area contributed by atoms with Gasteiger partial charge in [0.15, 0.2) is 0 Å². The van der Waals surface area contributed by atoms with E-state index in [1.807, 2.05) is 49.4 Å². The van der Waals surface area contributed by atoms with Crippen molar-refractivity contribution in [3.8, 4) is 5.75 Å². The van der Waals surface area contributed by atoms with Crippen LogP contribution in [0, 0.1) is 6.92 Å². The standard InChI is InChI=1S/C23H25NO3/c1-17-12-13-21(20(16-17)23(25)26-2)24-14-5-6-15-27-22-11-7-9-18-8-3-4-10-19(18)22/h3-4,7-13,16,24H,5-6,14-15H2,1-2H3. The Bertz CT molecular complexity index is 915. The van der Waals surface area contributed by atoms with E-state index in [2.05, 4.69) is 23.5 Å². The molecular formula is C23H25NO3. The maximum absolute atomic E-state index is 11.9. The number of anilines is 1. The van der Waals surface area contributed by atoms with E-state index in [0.29, 0.717) is 12.2 Å². The first-order chi connectivity index (χ1) is 13.2. The maximum Gasteiger partial charge on any atom is 0.339 e. The first-order valence-corrected chi connectivity index (χ1v) is 9.22. The number of nitrogens with one attached hydrogen (secondary N) is 1. The lowest BCUT2D eigenvalue weighted by molar-refractivity contribution is 0.0601. The SMILES string of the molecule is COC(=O)c1cc(C)ccc1NCCCCOc1cccc2ccccc12. The van der Waals surface area contributed by atoms with E-state index in [-0.39, 0.29) is 5.97 Å². The summed E-state index contributed by atoms with van der Waals surface area (Å²) in [7, 11) is 1.40. The van der Waals surface area contributed by atoms with Gasteiger partial charge in [-0.05, 0) is 43.4 Å². The fraction of sp³-hybridized carbons (Fsp3) is 0.261. The van der Waals surface area contributed by atoms with Crippen LogP contribution in [0.15, 0.2) is 60.7 Å². The highest BCUT2D eigenvalue weighted by atomic mass is 16.5. The van der Waals surface area contributed by atoms with Gasteiger partial charge >= 0.3 is 5.97 Å². The van der Waals surface area contributed by atoms with Gasteiger partial charge in [0.2, 0.25) is 0 Å². The minimum Gasteiger partial charge on any atom is -0.493 e. The number of methoxy groups -OCH3 is 1. The molecule has 0 bridgehead atoms. The van der Waals surface area contributed by atoms with Gasteiger partial charge in [0.25, 0.3) is 0 Å². The lowest BCUT2D eigenvalue weighted by atomic mass is 10.1. The Hall–Kier alpha value is -3.01. The third-order valence-corrected chi connectivity index (χ3v) is 4.47. The number of hydrogen-bond acceptors (Lipinski definition) is 4. The van der Waals surface area contributed by atoms with Crippen molar-refractivity contribution in [3.63, 3.8) is 0 Å². The summed E-state index contributed by atoms with van der Waals surface area (Å²) < 4.78 is 10.8. The van der Waals surface area contributed by atoms with E-state index in [4.69, 9.17) is 9.47 Å². The highest BCUT2D eigenvalue weighted by Crippen LogP contribution is 2.25. The Morgan fingerprint density at radius 2 is 1.81 bits per heavy atom. The van der Waals surface area contributed by atoms with Gasteiger partial charge in [0, 0.05) is 17.6 Å². The fourth-order valence-corrected chi connectivity index (χ4v) is 3.04. The summed E-state index contributed by atoms with van der Waals surface area (Å²) >= 11 is 0. The first-order valence-electron chi connectivity index (χ1n) is 9.22. The molecule has 3 rings (SSSR count). The number of fused-ring (bicyclic) bond motifs is 1. The van der Waals surface area contributed by atoms with E-state index in [0.717, 1.165) is 41.8 Å². The molecule has 0 atom stereocenters. The minimum absolute atomic E-state index is 0.319. The number of esters is 1. The molecule has 0 spiro atoms. The average molecular weight is 363 g/mol. The lowest BCUT2D eigenvalue weighted by Crippen LogP contribution is -2.10. The maximum atomic E-state index is 11.9. The summed E-state index contributed by atoms with van der Waals surface area (Å²) in [5, 5.41) is 5.65. The van der Waals surface area contributed by atoms with E-state index in [1.165, 1.54) is 12.5 Å². The average Bonchev–Trinajstić information content (AvgIpc) is 2.70. The second kappa shape index (κ2) is 9.08. The molecule has 0 saturated heterocycles. The molecule has 3 aromatic rings. The molecule has 0 heterocycles. The highest BCUT2D eigenvalue weighted by Gasteiger charge is 2.11. The number of aryl methyl sites for hydroxylation is 1. The second-order valence-corrected chi connectivity index (χ2v) is 6.50. The van der Waals surface area contributed by atoms with Crippen molar-refractivity contribution >= 4 is 22.4 Å². The minimum atomic E-state index is -0.319. The Balaban J connectivity index is 1.48. The smallest absolute Gasteiger partial charge is 0.339 e. The molecule has 0 saturated carbocycles. The zero-order chi connectivity index (χ0) is 19.1. The van der Waals surface area contributed by atoms with Gasteiger partial charge in [-0.25, -0.2) is 4.79 Å². The van der Waals surface area contributed by atoms with Crippen LogP contribution < -0.4 is 10.1 Å². The molecule has 0 aliphatic carbocycles. The number of carbonyl (C=O) groups is 1. The number of unbranched alkanes of at least 4 members (excludes halogenated alkanes) is 1. The molecule has 0 amide bonds. The molecule has 27 heavy (non-hydrogen) atoms. The summed E-state index contributed by atoms with van der Waals surface area (Å²) in [5.41, 5.74) is 2.41. The summed E-state index contributed by atoms with van der Waals surface area (Å²) in [6.45, 7) is 3.39. The van der Waals surface area contributed by atoms with Gasteiger partial charge < -0.3 is 14.8 Å². The molecule has 4 heteroatoms. The van der Waals surface area contributed by atoms with Gasteiger partial charge in [0.05, 0.1) is 19.3 Å². The molecule has 0 radical (unpaired) electrons. The van der Waals surface area contributed by atoms with Crippen LogP contribution in [0.2, 0.25) is 0 Å². The van der Waals surface area contributed by atoms with E-state index in [9.17, 15) is 4.79 Å². The van der Waals surface area contributed by atoms with Crippen LogP contribution in [-0.4, -0.2) is 26.2 Å². The van der Waals surface area contributed by atoms with Gasteiger partial charge in [0.1, 0.15) is 5.75 Å². The van der Waals surface area contributed by atoms with Crippen LogP contribution in [0.4, 0.5) is 5.69 Å². The zero-order valence-electron chi connectivity index (χ0n) is 15.8. The Morgan fingerprint density at radius 3 is 2.67 bits per heavy atom. The van der Waals surface area contributed by atoms with Crippen LogP contribution in [0.5, 0.6) is 5.75 Å². The van der Waals surface area contributed by atoms with Gasteiger partial charge in [-0.1, -0.05) is 48.0 Å². The Kier molecular flexibility index (Phi) is 6.31. The summed E-state index contributed by atoms with van der Waals surface area (Å²) in [6, 6.07) is 20.1. The van der Waals surface area contributed by atoms with Crippen LogP contribution in [-0.2, 0) is 4.74 Å². The fourth-order valence-electron chi connectivity index (χ4n) is 3.04. The molecule has 1 N–H and O–H groups in total. The third kappa shape index (κ3) is 4.79. The Labute approximate surface area is 160 Å². The number of rotatable bonds is 8. The van der Waals surface area contributed by atoms with Crippen molar-refractivity contribution < 1.29 is 14.3 Å². The summed E-state index contributed by atoms with van der Waals surface area (Å²) in [6.07, 6.45) is 1.87. The molecule has 0 fully saturated rings. The lowest BCUT2D eigenvalue weighted by Gasteiger charge is -2.12. The van der Waals surface area contributed by atoms with Gasteiger partial charge in [-0.2, -0.15) is 0 Å². The van der Waals surface area contributed by atoms with Crippen molar-refractivity contribution in [2.45, 2.75) is 19.8 Å².